The minimum Gasteiger partial charge on any atom is -0.438 e. The van der Waals surface area contributed by atoms with Crippen LogP contribution in [0.1, 0.15) is 30.9 Å². The molecule has 1 amide bonds. The molecular formula is C17H20F4N2O2. The molecule has 2 fully saturated rings. The molecule has 0 radical (unpaired) electrons. The Morgan fingerprint density at radius 3 is 2.60 bits per heavy atom. The van der Waals surface area contributed by atoms with Crippen LogP contribution in [0.2, 0.25) is 0 Å². The van der Waals surface area contributed by atoms with Gasteiger partial charge in [0.2, 0.25) is 0 Å². The van der Waals surface area contributed by atoms with Crippen molar-refractivity contribution in [2.75, 3.05) is 20.1 Å². The number of hydrogen-bond donors (Lipinski definition) is 1. The molecule has 3 unspecified atom stereocenters. The second-order valence-electron chi connectivity index (χ2n) is 6.88. The van der Waals surface area contributed by atoms with E-state index in [1.165, 1.54) is 6.07 Å². The van der Waals surface area contributed by atoms with Gasteiger partial charge in [0, 0.05) is 18.5 Å². The number of carbonyl (C=O) groups is 1. The highest BCUT2D eigenvalue weighted by Gasteiger charge is 2.57. The number of halogens is 4. The molecule has 4 nitrogen and oxygen atoms in total. The number of nitrogens with zero attached hydrogens (tertiary/aromatic N) is 1. The molecular weight excluding hydrogens is 340 g/mol. The molecule has 2 aliphatic rings. The summed E-state index contributed by atoms with van der Waals surface area (Å²) in [6.07, 6.45) is -4.07. The highest BCUT2D eigenvalue weighted by atomic mass is 19.4. The molecule has 3 rings (SSSR count). The number of alkyl halides is 3. The number of carbonyl (C=O) groups excluding carboxylic acids is 1. The topological polar surface area (TPSA) is 41.6 Å². The largest absolute Gasteiger partial charge is 0.438 e. The molecule has 0 bridgehead atoms. The maximum absolute atomic E-state index is 13.5. The summed E-state index contributed by atoms with van der Waals surface area (Å²) in [6.45, 7) is 3.18. The zero-order valence-electron chi connectivity index (χ0n) is 14.0. The van der Waals surface area contributed by atoms with Gasteiger partial charge in [-0.1, -0.05) is 13.0 Å². The number of alkyl carbamates (subject to hydrolysis) is 1. The number of likely N-dealkylation sites (N-methyl/N-ethyl adjacent to an activating group) is 1. The van der Waals surface area contributed by atoms with Crippen LogP contribution in [0.5, 0.6) is 0 Å². The Hall–Kier alpha value is -1.83. The van der Waals surface area contributed by atoms with Gasteiger partial charge in [0.15, 0.2) is 0 Å². The maximum atomic E-state index is 13.5. The van der Waals surface area contributed by atoms with Crippen LogP contribution in [-0.2, 0) is 16.5 Å². The molecule has 3 atom stereocenters. The summed E-state index contributed by atoms with van der Waals surface area (Å²) < 4.78 is 57.7. The van der Waals surface area contributed by atoms with E-state index in [1.807, 2.05) is 7.05 Å². The Morgan fingerprint density at radius 2 is 2.12 bits per heavy atom. The van der Waals surface area contributed by atoms with Crippen LogP contribution in [-0.4, -0.2) is 37.2 Å². The number of rotatable bonds is 4. The summed E-state index contributed by atoms with van der Waals surface area (Å²) in [6, 6.07) is 3.02. The number of nitrogens with one attached hydrogen (secondary N) is 1. The van der Waals surface area contributed by atoms with Crippen molar-refractivity contribution >= 4 is 6.09 Å². The van der Waals surface area contributed by atoms with Crippen molar-refractivity contribution in [1.29, 1.82) is 0 Å². The highest BCUT2D eigenvalue weighted by molar-refractivity contribution is 5.68. The lowest BCUT2D eigenvalue weighted by molar-refractivity contribution is -0.140. The third-order valence-corrected chi connectivity index (χ3v) is 5.20. The molecule has 1 N–H and O–H groups in total. The van der Waals surface area contributed by atoms with Crippen molar-refractivity contribution in [3.05, 3.63) is 35.1 Å². The smallest absolute Gasteiger partial charge is 0.419 e. The Bertz CT molecular complexity index is 679. The van der Waals surface area contributed by atoms with E-state index >= 15 is 0 Å². The van der Waals surface area contributed by atoms with E-state index in [0.717, 1.165) is 25.1 Å². The lowest BCUT2D eigenvalue weighted by Gasteiger charge is -2.37. The van der Waals surface area contributed by atoms with E-state index in [1.54, 1.807) is 6.92 Å². The van der Waals surface area contributed by atoms with Crippen molar-refractivity contribution < 1.29 is 27.1 Å². The van der Waals surface area contributed by atoms with Crippen LogP contribution in [0, 0.1) is 11.7 Å². The predicted molar refractivity (Wildman–Crippen MR) is 82.4 cm³/mol. The first kappa shape index (κ1) is 18.0. The van der Waals surface area contributed by atoms with Crippen LogP contribution in [0.3, 0.4) is 0 Å². The second kappa shape index (κ2) is 6.16. The minimum atomic E-state index is -4.80. The molecule has 1 heterocycles. The lowest BCUT2D eigenvalue weighted by atomic mass is 10.0. The molecule has 8 heteroatoms. The second-order valence-corrected chi connectivity index (χ2v) is 6.88. The van der Waals surface area contributed by atoms with Crippen molar-refractivity contribution in [2.24, 2.45) is 5.92 Å². The van der Waals surface area contributed by atoms with Crippen LogP contribution in [0.15, 0.2) is 18.2 Å². The van der Waals surface area contributed by atoms with E-state index in [-0.39, 0.29) is 17.5 Å². The SMILES string of the molecule is CC1CC1(OC(=O)NCC1CCN1C)c1ccc(F)c(C(F)(F)F)c1. The van der Waals surface area contributed by atoms with E-state index in [2.05, 4.69) is 10.2 Å². The normalized spacial score (nSPS) is 29.0. The van der Waals surface area contributed by atoms with Crippen LogP contribution in [0.25, 0.3) is 0 Å². The fourth-order valence-corrected chi connectivity index (χ4v) is 3.24. The highest BCUT2D eigenvalue weighted by Crippen LogP contribution is 2.55. The van der Waals surface area contributed by atoms with Gasteiger partial charge in [-0.2, -0.15) is 13.2 Å². The van der Waals surface area contributed by atoms with Gasteiger partial charge in [0.1, 0.15) is 11.4 Å². The third-order valence-electron chi connectivity index (χ3n) is 5.20. The molecule has 138 valence electrons. The van der Waals surface area contributed by atoms with E-state index in [4.69, 9.17) is 4.74 Å². The fraction of sp³-hybridized carbons (Fsp3) is 0.588. The van der Waals surface area contributed by atoms with Gasteiger partial charge in [0.25, 0.3) is 0 Å². The number of amides is 1. The Balaban J connectivity index is 1.72. The van der Waals surface area contributed by atoms with Crippen LogP contribution < -0.4 is 5.32 Å². The zero-order chi connectivity index (χ0) is 18.4. The third kappa shape index (κ3) is 3.44. The summed E-state index contributed by atoms with van der Waals surface area (Å²) in [5.41, 5.74) is -2.29. The van der Waals surface area contributed by atoms with Crippen molar-refractivity contribution in [1.82, 2.24) is 10.2 Å². The van der Waals surface area contributed by atoms with E-state index < -0.39 is 29.3 Å². The van der Waals surface area contributed by atoms with Crippen molar-refractivity contribution in [2.45, 2.75) is 37.6 Å². The summed E-state index contributed by atoms with van der Waals surface area (Å²) in [4.78, 5) is 14.2. The fourth-order valence-electron chi connectivity index (χ4n) is 3.24. The predicted octanol–water partition coefficient (Wildman–Crippen LogP) is 3.51. The lowest BCUT2D eigenvalue weighted by Crippen LogP contribution is -2.51. The summed E-state index contributed by atoms with van der Waals surface area (Å²) in [5, 5.41) is 2.66. The van der Waals surface area contributed by atoms with Gasteiger partial charge in [0.05, 0.1) is 5.56 Å². The Labute approximate surface area is 143 Å². The molecule has 0 aromatic heterocycles. The number of benzene rings is 1. The van der Waals surface area contributed by atoms with Gasteiger partial charge in [-0.15, -0.1) is 0 Å². The van der Waals surface area contributed by atoms with Crippen LogP contribution in [0.4, 0.5) is 22.4 Å². The Morgan fingerprint density at radius 1 is 1.44 bits per heavy atom. The van der Waals surface area contributed by atoms with E-state index in [9.17, 15) is 22.4 Å². The molecule has 25 heavy (non-hydrogen) atoms. The van der Waals surface area contributed by atoms with Gasteiger partial charge >= 0.3 is 12.3 Å². The van der Waals surface area contributed by atoms with Crippen molar-refractivity contribution in [3.8, 4) is 0 Å². The summed E-state index contributed by atoms with van der Waals surface area (Å²) in [7, 11) is 1.95. The number of likely N-dealkylation sites (tertiary alicyclic amines) is 1. The average Bonchev–Trinajstić information content (AvgIpc) is 3.15. The molecule has 1 saturated heterocycles. The minimum absolute atomic E-state index is 0.129. The van der Waals surface area contributed by atoms with Gasteiger partial charge < -0.3 is 15.0 Å². The first-order valence-corrected chi connectivity index (χ1v) is 8.18. The molecule has 0 spiro atoms. The average molecular weight is 360 g/mol. The summed E-state index contributed by atoms with van der Waals surface area (Å²) in [5.74, 6) is -1.46. The van der Waals surface area contributed by atoms with Gasteiger partial charge in [-0.3, -0.25) is 0 Å². The zero-order valence-corrected chi connectivity index (χ0v) is 14.0. The van der Waals surface area contributed by atoms with Gasteiger partial charge in [-0.05, 0) is 44.1 Å². The summed E-state index contributed by atoms with van der Waals surface area (Å²) >= 11 is 0. The molecule has 1 aliphatic carbocycles. The Kier molecular flexibility index (Phi) is 4.43. The maximum Gasteiger partial charge on any atom is 0.419 e. The number of ether oxygens (including phenoxy) is 1. The molecule has 1 aromatic rings. The first-order chi connectivity index (χ1) is 11.6. The molecule has 1 aliphatic heterocycles. The van der Waals surface area contributed by atoms with Gasteiger partial charge in [-0.25, -0.2) is 9.18 Å². The standard InChI is InChI=1S/C17H20F4N2O2/c1-10-8-16(10,25-15(24)22-9-12-5-6-23(12)2)11-3-4-14(18)13(7-11)17(19,20)21/h3-4,7,10,12H,5-6,8-9H2,1-2H3,(H,22,24). The monoisotopic (exact) mass is 360 g/mol. The van der Waals surface area contributed by atoms with Crippen molar-refractivity contribution in [3.63, 3.8) is 0 Å². The first-order valence-electron chi connectivity index (χ1n) is 8.18. The number of hydrogen-bond acceptors (Lipinski definition) is 3. The quantitative estimate of drug-likeness (QED) is 0.836. The molecule has 1 aromatic carbocycles. The van der Waals surface area contributed by atoms with E-state index in [0.29, 0.717) is 13.0 Å². The van der Waals surface area contributed by atoms with Crippen LogP contribution >= 0.6 is 0 Å². The molecule has 1 saturated carbocycles.